The molecule has 0 saturated heterocycles. The van der Waals surface area contributed by atoms with Gasteiger partial charge in [-0.15, -0.1) is 0 Å². The van der Waals surface area contributed by atoms with Gasteiger partial charge in [0.25, 0.3) is 0 Å². The van der Waals surface area contributed by atoms with Gasteiger partial charge in [-0.25, -0.2) is 22.5 Å². The van der Waals surface area contributed by atoms with Crippen molar-refractivity contribution in [1.29, 1.82) is 0 Å². The Morgan fingerprint density at radius 3 is 1.52 bits per heavy atom. The highest BCUT2D eigenvalue weighted by Gasteiger charge is 2.36. The monoisotopic (exact) mass is 379 g/mol. The Kier molecular flexibility index (Phi) is 5.32. The van der Waals surface area contributed by atoms with Crippen LogP contribution in [0.15, 0.2) is 12.1 Å². The maximum Gasteiger partial charge on any atom is 0.248 e. The fraction of sp³-hybridized carbons (Fsp3) is 0.706. The van der Waals surface area contributed by atoms with Gasteiger partial charge in [0.05, 0.1) is 0 Å². The second-order valence-electron chi connectivity index (χ2n) is 7.10. The molecule has 2 aliphatic carbocycles. The van der Waals surface area contributed by atoms with E-state index >= 15 is 0 Å². The molecule has 1 aromatic heterocycles. The van der Waals surface area contributed by atoms with Crippen LogP contribution >= 0.6 is 11.6 Å². The molecule has 0 unspecified atom stereocenters. The highest BCUT2D eigenvalue weighted by molar-refractivity contribution is 6.31. The van der Waals surface area contributed by atoms with Crippen molar-refractivity contribution in [3.63, 3.8) is 0 Å². The summed E-state index contributed by atoms with van der Waals surface area (Å²) in [6, 6.07) is 3.17. The summed E-state index contributed by atoms with van der Waals surface area (Å²) in [6.45, 7) is 0. The first-order valence-electron chi connectivity index (χ1n) is 8.67. The van der Waals surface area contributed by atoms with Gasteiger partial charge in [-0.3, -0.25) is 0 Å². The summed E-state index contributed by atoms with van der Waals surface area (Å²) < 4.78 is 52.9. The molecule has 25 heavy (non-hydrogen) atoms. The molecule has 0 amide bonds. The van der Waals surface area contributed by atoms with Crippen LogP contribution in [0.2, 0.25) is 5.02 Å². The summed E-state index contributed by atoms with van der Waals surface area (Å²) in [4.78, 5) is 4.41. The number of anilines is 2. The lowest BCUT2D eigenvalue weighted by Crippen LogP contribution is -2.33. The van der Waals surface area contributed by atoms with Crippen molar-refractivity contribution < 1.29 is 17.6 Å². The van der Waals surface area contributed by atoms with Crippen LogP contribution in [0.5, 0.6) is 0 Å². The number of hydrogen-bond acceptors (Lipinski definition) is 3. The third-order valence-corrected chi connectivity index (χ3v) is 5.15. The fourth-order valence-corrected chi connectivity index (χ4v) is 3.64. The lowest BCUT2D eigenvalue weighted by molar-refractivity contribution is -0.0365. The van der Waals surface area contributed by atoms with Gasteiger partial charge >= 0.3 is 0 Å². The van der Waals surface area contributed by atoms with E-state index in [1.54, 1.807) is 12.1 Å². The van der Waals surface area contributed by atoms with Crippen LogP contribution in [-0.4, -0.2) is 28.9 Å². The van der Waals surface area contributed by atoms with Crippen LogP contribution in [0.1, 0.15) is 51.4 Å². The molecule has 2 fully saturated rings. The Balaban J connectivity index is 1.59. The number of rotatable bonds is 4. The zero-order valence-corrected chi connectivity index (χ0v) is 14.6. The molecule has 0 atom stereocenters. The van der Waals surface area contributed by atoms with Gasteiger partial charge < -0.3 is 10.6 Å². The topological polar surface area (TPSA) is 37.0 Å². The highest BCUT2D eigenvalue weighted by Crippen LogP contribution is 2.36. The minimum absolute atomic E-state index is 0.0631. The molecule has 1 heterocycles. The van der Waals surface area contributed by atoms with Gasteiger partial charge in [-0.1, -0.05) is 11.6 Å². The Labute approximate surface area is 149 Å². The SMILES string of the molecule is FC1(F)CCC(Nc2cc(Cl)cc(NC3CCC(F)(F)CC3)n2)CC1. The average Bonchev–Trinajstić information content (AvgIpc) is 2.51. The predicted octanol–water partition coefficient (Wildman–Crippen LogP) is 5.71. The molecular formula is C17H22ClF4N3. The van der Waals surface area contributed by atoms with E-state index in [-0.39, 0.29) is 37.8 Å². The molecule has 0 aromatic carbocycles. The summed E-state index contributed by atoms with van der Waals surface area (Å²) in [6.07, 6.45) is 0.977. The minimum Gasteiger partial charge on any atom is -0.367 e. The number of nitrogens with zero attached hydrogens (tertiary/aromatic N) is 1. The van der Waals surface area contributed by atoms with Crippen LogP contribution in [0, 0.1) is 0 Å². The maximum atomic E-state index is 13.2. The normalized spacial score (nSPS) is 24.0. The van der Waals surface area contributed by atoms with Crippen molar-refractivity contribution >= 4 is 23.2 Å². The van der Waals surface area contributed by atoms with Gasteiger partial charge in [0.1, 0.15) is 11.6 Å². The highest BCUT2D eigenvalue weighted by atomic mass is 35.5. The number of pyridine rings is 1. The largest absolute Gasteiger partial charge is 0.367 e. The van der Waals surface area contributed by atoms with Gasteiger partial charge in [0.2, 0.25) is 11.8 Å². The molecule has 0 radical (unpaired) electrons. The first-order chi connectivity index (χ1) is 11.7. The summed E-state index contributed by atoms with van der Waals surface area (Å²) >= 11 is 6.12. The lowest BCUT2D eigenvalue weighted by Gasteiger charge is -2.30. The third-order valence-electron chi connectivity index (χ3n) is 4.93. The second-order valence-corrected chi connectivity index (χ2v) is 7.54. The van der Waals surface area contributed by atoms with E-state index < -0.39 is 11.8 Å². The van der Waals surface area contributed by atoms with E-state index in [1.165, 1.54) is 0 Å². The van der Waals surface area contributed by atoms with E-state index in [0.717, 1.165) is 0 Å². The number of halogens is 5. The molecule has 3 nitrogen and oxygen atoms in total. The second kappa shape index (κ2) is 7.17. The van der Waals surface area contributed by atoms with Gasteiger partial charge in [-0.05, 0) is 37.8 Å². The van der Waals surface area contributed by atoms with Gasteiger partial charge in [-0.2, -0.15) is 0 Å². The third kappa shape index (κ3) is 5.36. The summed E-state index contributed by atoms with van der Waals surface area (Å²) in [5.41, 5.74) is 0. The lowest BCUT2D eigenvalue weighted by atomic mass is 9.92. The first-order valence-corrected chi connectivity index (χ1v) is 9.05. The van der Waals surface area contributed by atoms with Crippen molar-refractivity contribution in [2.45, 2.75) is 75.3 Å². The van der Waals surface area contributed by atoms with E-state index in [0.29, 0.717) is 42.3 Å². The molecule has 2 N–H and O–H groups in total. The number of alkyl halides is 4. The zero-order valence-electron chi connectivity index (χ0n) is 13.8. The molecule has 0 aliphatic heterocycles. The van der Waals surface area contributed by atoms with Crippen molar-refractivity contribution in [3.8, 4) is 0 Å². The van der Waals surface area contributed by atoms with Crippen LogP contribution < -0.4 is 10.6 Å². The Morgan fingerprint density at radius 2 is 1.16 bits per heavy atom. The van der Waals surface area contributed by atoms with Gasteiger partial charge in [0.15, 0.2) is 0 Å². The van der Waals surface area contributed by atoms with E-state index in [9.17, 15) is 17.6 Å². The summed E-state index contributed by atoms with van der Waals surface area (Å²) in [5.74, 6) is -4.11. The van der Waals surface area contributed by atoms with Crippen molar-refractivity contribution in [3.05, 3.63) is 17.2 Å². The minimum atomic E-state index is -2.57. The number of hydrogen-bond donors (Lipinski definition) is 2. The smallest absolute Gasteiger partial charge is 0.248 e. The standard InChI is InChI=1S/C17H22ClF4N3/c18-11-9-14(23-12-1-5-16(19,20)6-2-12)25-15(10-11)24-13-3-7-17(21,22)8-4-13/h9-10,12-13H,1-8H2,(H2,23,24,25). The zero-order chi connectivity index (χ0) is 18.1. The van der Waals surface area contributed by atoms with E-state index in [4.69, 9.17) is 11.6 Å². The molecule has 0 spiro atoms. The average molecular weight is 380 g/mol. The fourth-order valence-electron chi connectivity index (χ4n) is 3.43. The first kappa shape index (κ1) is 18.5. The van der Waals surface area contributed by atoms with E-state index in [2.05, 4.69) is 15.6 Å². The summed E-state index contributed by atoms with van der Waals surface area (Å²) in [7, 11) is 0. The molecule has 0 bridgehead atoms. The maximum absolute atomic E-state index is 13.2. The molecule has 1 aromatic rings. The van der Waals surface area contributed by atoms with Crippen LogP contribution in [-0.2, 0) is 0 Å². The Hall–Kier alpha value is -1.24. The summed E-state index contributed by atoms with van der Waals surface area (Å²) in [5, 5.41) is 6.78. The van der Waals surface area contributed by atoms with Crippen LogP contribution in [0.3, 0.4) is 0 Å². The van der Waals surface area contributed by atoms with E-state index in [1.807, 2.05) is 0 Å². The van der Waals surface area contributed by atoms with Crippen molar-refractivity contribution in [2.75, 3.05) is 10.6 Å². The molecule has 140 valence electrons. The van der Waals surface area contributed by atoms with Crippen LogP contribution in [0.4, 0.5) is 29.2 Å². The molecule has 8 heteroatoms. The van der Waals surface area contributed by atoms with Crippen LogP contribution in [0.25, 0.3) is 0 Å². The Morgan fingerprint density at radius 1 is 0.800 bits per heavy atom. The predicted molar refractivity (Wildman–Crippen MR) is 90.9 cm³/mol. The van der Waals surface area contributed by atoms with Crippen molar-refractivity contribution in [1.82, 2.24) is 4.98 Å². The quantitative estimate of drug-likeness (QED) is 0.657. The molecule has 2 saturated carbocycles. The van der Waals surface area contributed by atoms with Gasteiger partial charge in [0, 0.05) is 42.8 Å². The molecule has 3 rings (SSSR count). The number of aromatic nitrogens is 1. The molecule has 2 aliphatic rings. The number of nitrogens with one attached hydrogen (secondary N) is 2. The molecular weight excluding hydrogens is 358 g/mol. The van der Waals surface area contributed by atoms with Crippen molar-refractivity contribution in [2.24, 2.45) is 0 Å². The Bertz CT molecular complexity index is 543.